The fourth-order valence-corrected chi connectivity index (χ4v) is 2.87. The largest absolute Gasteiger partial charge is 0.255 e. The molecule has 0 unspecified atom stereocenters. The molecule has 0 aliphatic rings. The molecule has 3 aromatic rings. The number of hydrogen-bond acceptors (Lipinski definition) is 3. The number of thiophene rings is 1. The summed E-state index contributed by atoms with van der Waals surface area (Å²) in [6.07, 6.45) is 3.76. The van der Waals surface area contributed by atoms with Crippen LogP contribution < -0.4 is 0 Å². The zero-order chi connectivity index (χ0) is 11.8. The second-order valence-electron chi connectivity index (χ2n) is 4.17. The average molecular weight is 240 g/mol. The van der Waals surface area contributed by atoms with Gasteiger partial charge in [-0.15, -0.1) is 11.3 Å². The number of nitrogens with zero attached hydrogens (tertiary/aromatic N) is 2. The minimum absolute atomic E-state index is 1.03. The maximum absolute atomic E-state index is 4.46. The number of aryl methyl sites for hydroxylation is 2. The van der Waals surface area contributed by atoms with E-state index in [1.54, 1.807) is 11.3 Å². The minimum atomic E-state index is 1.03. The molecule has 84 valence electrons. The molecule has 0 aromatic carbocycles. The van der Waals surface area contributed by atoms with Gasteiger partial charge in [0.25, 0.3) is 0 Å². The zero-order valence-corrected chi connectivity index (χ0v) is 10.6. The van der Waals surface area contributed by atoms with Crippen molar-refractivity contribution >= 4 is 21.6 Å². The van der Waals surface area contributed by atoms with Crippen LogP contribution in [0.25, 0.3) is 20.8 Å². The van der Waals surface area contributed by atoms with Gasteiger partial charge in [-0.05, 0) is 43.2 Å². The summed E-state index contributed by atoms with van der Waals surface area (Å²) < 4.78 is 1.25. The van der Waals surface area contributed by atoms with Crippen molar-refractivity contribution in [3.05, 3.63) is 47.8 Å². The Labute approximate surface area is 104 Å². The molecule has 0 saturated carbocycles. The van der Waals surface area contributed by atoms with Crippen LogP contribution in [0.15, 0.2) is 36.7 Å². The zero-order valence-electron chi connectivity index (χ0n) is 9.77. The Morgan fingerprint density at radius 2 is 1.94 bits per heavy atom. The van der Waals surface area contributed by atoms with E-state index in [1.807, 2.05) is 25.4 Å². The Balaban J connectivity index is 2.18. The molecular weight excluding hydrogens is 228 g/mol. The van der Waals surface area contributed by atoms with E-state index in [1.165, 1.54) is 20.7 Å². The van der Waals surface area contributed by atoms with E-state index in [0.717, 1.165) is 11.2 Å². The number of fused-ring (bicyclic) bond motifs is 1. The van der Waals surface area contributed by atoms with Gasteiger partial charge in [-0.3, -0.25) is 9.97 Å². The maximum Gasteiger partial charge on any atom is 0.0819 e. The van der Waals surface area contributed by atoms with Crippen molar-refractivity contribution in [3.63, 3.8) is 0 Å². The van der Waals surface area contributed by atoms with Crippen LogP contribution in [0, 0.1) is 13.8 Å². The van der Waals surface area contributed by atoms with Crippen molar-refractivity contribution in [2.24, 2.45) is 0 Å². The molecule has 3 heterocycles. The Morgan fingerprint density at radius 3 is 2.65 bits per heavy atom. The van der Waals surface area contributed by atoms with E-state index in [9.17, 15) is 0 Å². The van der Waals surface area contributed by atoms with Gasteiger partial charge in [0.2, 0.25) is 0 Å². The minimum Gasteiger partial charge on any atom is -0.255 e. The maximum atomic E-state index is 4.46. The molecule has 0 amide bonds. The van der Waals surface area contributed by atoms with Gasteiger partial charge in [-0.25, -0.2) is 0 Å². The SMILES string of the molecule is Cc1ccc(-c2cc3nccc(C)c3s2)nc1. The molecule has 3 heteroatoms. The molecule has 0 bridgehead atoms. The molecule has 3 aromatic heterocycles. The lowest BCUT2D eigenvalue weighted by Gasteiger charge is -1.96. The monoisotopic (exact) mass is 240 g/mol. The van der Waals surface area contributed by atoms with Crippen LogP contribution >= 0.6 is 11.3 Å². The van der Waals surface area contributed by atoms with Crippen LogP contribution in [-0.2, 0) is 0 Å². The molecule has 17 heavy (non-hydrogen) atoms. The van der Waals surface area contributed by atoms with Crippen LogP contribution in [0.1, 0.15) is 11.1 Å². The summed E-state index contributed by atoms with van der Waals surface area (Å²) in [6, 6.07) is 8.32. The summed E-state index contributed by atoms with van der Waals surface area (Å²) in [5, 5.41) is 0. The first-order chi connectivity index (χ1) is 8.24. The molecule has 0 saturated heterocycles. The van der Waals surface area contributed by atoms with Crippen LogP contribution in [0.2, 0.25) is 0 Å². The number of rotatable bonds is 1. The fourth-order valence-electron chi connectivity index (χ4n) is 1.80. The topological polar surface area (TPSA) is 25.8 Å². The van der Waals surface area contributed by atoms with E-state index in [0.29, 0.717) is 0 Å². The predicted octanol–water partition coefficient (Wildman–Crippen LogP) is 3.98. The highest BCUT2D eigenvalue weighted by atomic mass is 32.1. The lowest BCUT2D eigenvalue weighted by Crippen LogP contribution is -1.80. The van der Waals surface area contributed by atoms with Gasteiger partial charge < -0.3 is 0 Å². The molecule has 2 nitrogen and oxygen atoms in total. The summed E-state index contributed by atoms with van der Waals surface area (Å²) in [7, 11) is 0. The number of pyridine rings is 2. The second-order valence-corrected chi connectivity index (χ2v) is 5.23. The van der Waals surface area contributed by atoms with Gasteiger partial charge in [0.1, 0.15) is 0 Å². The highest BCUT2D eigenvalue weighted by Crippen LogP contribution is 2.32. The van der Waals surface area contributed by atoms with Crippen molar-refractivity contribution in [2.45, 2.75) is 13.8 Å². The highest BCUT2D eigenvalue weighted by molar-refractivity contribution is 7.22. The van der Waals surface area contributed by atoms with Crippen LogP contribution in [-0.4, -0.2) is 9.97 Å². The Morgan fingerprint density at radius 1 is 1.06 bits per heavy atom. The molecule has 3 rings (SSSR count). The van der Waals surface area contributed by atoms with E-state index < -0.39 is 0 Å². The Bertz CT molecular complexity index is 668. The van der Waals surface area contributed by atoms with E-state index in [2.05, 4.69) is 35.1 Å². The first-order valence-electron chi connectivity index (χ1n) is 5.52. The molecule has 0 fully saturated rings. The Hall–Kier alpha value is -1.74. The van der Waals surface area contributed by atoms with Crippen molar-refractivity contribution < 1.29 is 0 Å². The summed E-state index contributed by atoms with van der Waals surface area (Å²) in [4.78, 5) is 10.0. The van der Waals surface area contributed by atoms with Crippen molar-refractivity contribution in [2.75, 3.05) is 0 Å². The quantitative estimate of drug-likeness (QED) is 0.643. The van der Waals surface area contributed by atoms with Gasteiger partial charge in [0, 0.05) is 12.4 Å². The number of hydrogen-bond donors (Lipinski definition) is 0. The van der Waals surface area contributed by atoms with E-state index >= 15 is 0 Å². The van der Waals surface area contributed by atoms with Crippen molar-refractivity contribution in [3.8, 4) is 10.6 Å². The van der Waals surface area contributed by atoms with Gasteiger partial charge in [-0.2, -0.15) is 0 Å². The van der Waals surface area contributed by atoms with Gasteiger partial charge in [-0.1, -0.05) is 6.07 Å². The van der Waals surface area contributed by atoms with Gasteiger partial charge in [0.05, 0.1) is 20.8 Å². The Kier molecular flexibility index (Phi) is 2.41. The second kappa shape index (κ2) is 3.93. The standard InChI is InChI=1S/C14H12N2S/c1-9-3-4-11(16-8-9)13-7-12-14(17-13)10(2)5-6-15-12/h3-8H,1-2H3. The van der Waals surface area contributed by atoms with Crippen LogP contribution in [0.4, 0.5) is 0 Å². The normalized spacial score (nSPS) is 10.9. The average Bonchev–Trinajstić information content (AvgIpc) is 2.75. The number of aromatic nitrogens is 2. The predicted molar refractivity (Wildman–Crippen MR) is 72.3 cm³/mol. The molecule has 0 aliphatic heterocycles. The van der Waals surface area contributed by atoms with Crippen LogP contribution in [0.3, 0.4) is 0 Å². The van der Waals surface area contributed by atoms with E-state index in [-0.39, 0.29) is 0 Å². The third-order valence-corrected chi connectivity index (χ3v) is 4.05. The van der Waals surface area contributed by atoms with Crippen LogP contribution in [0.5, 0.6) is 0 Å². The lowest BCUT2D eigenvalue weighted by atomic mass is 10.2. The summed E-state index contributed by atoms with van der Waals surface area (Å²) in [5.41, 5.74) is 4.55. The molecule has 0 aliphatic carbocycles. The first kappa shape index (κ1) is 10.4. The third-order valence-electron chi connectivity index (χ3n) is 2.77. The molecule has 0 radical (unpaired) electrons. The smallest absolute Gasteiger partial charge is 0.0819 e. The summed E-state index contributed by atoms with van der Waals surface area (Å²) in [5.74, 6) is 0. The fraction of sp³-hybridized carbons (Fsp3) is 0.143. The van der Waals surface area contributed by atoms with Gasteiger partial charge >= 0.3 is 0 Å². The molecular formula is C14H12N2S. The first-order valence-corrected chi connectivity index (χ1v) is 6.34. The third kappa shape index (κ3) is 1.83. The van der Waals surface area contributed by atoms with Gasteiger partial charge in [0.15, 0.2) is 0 Å². The summed E-state index contributed by atoms with van der Waals surface area (Å²) >= 11 is 1.76. The van der Waals surface area contributed by atoms with Crippen molar-refractivity contribution in [1.29, 1.82) is 0 Å². The van der Waals surface area contributed by atoms with Crippen molar-refractivity contribution in [1.82, 2.24) is 9.97 Å². The highest BCUT2D eigenvalue weighted by Gasteiger charge is 2.07. The summed E-state index contributed by atoms with van der Waals surface area (Å²) in [6.45, 7) is 4.17. The lowest BCUT2D eigenvalue weighted by molar-refractivity contribution is 1.28. The van der Waals surface area contributed by atoms with E-state index in [4.69, 9.17) is 0 Å². The molecule has 0 spiro atoms. The molecule has 0 N–H and O–H groups in total. The molecule has 0 atom stereocenters.